The Morgan fingerprint density at radius 2 is 2.16 bits per heavy atom. The predicted octanol–water partition coefficient (Wildman–Crippen LogP) is 3.57. The first-order chi connectivity index (χ1) is 9.24. The number of nitrogens with zero attached hydrogens (tertiary/aromatic N) is 1. The predicted molar refractivity (Wildman–Crippen MR) is 81.1 cm³/mol. The topological polar surface area (TPSA) is 31.1 Å². The van der Waals surface area contributed by atoms with E-state index in [-0.39, 0.29) is 0 Å². The standard InChI is InChI=1S/C15H15N3S/c1-9-8-16-13-4-3-11(7-12(9)13)15-10(2)18-14(17-15)5-6-19-18/h3-8,14,16-17H,1-2H3. The number of hydrogen-bond acceptors (Lipinski definition) is 3. The summed E-state index contributed by atoms with van der Waals surface area (Å²) in [4.78, 5) is 3.29. The van der Waals surface area contributed by atoms with Crippen LogP contribution in [0.5, 0.6) is 0 Å². The maximum atomic E-state index is 3.58. The van der Waals surface area contributed by atoms with Crippen molar-refractivity contribution in [2.45, 2.75) is 20.0 Å². The third-order valence-electron chi connectivity index (χ3n) is 3.85. The summed E-state index contributed by atoms with van der Waals surface area (Å²) in [6, 6.07) is 6.61. The number of benzene rings is 1. The monoisotopic (exact) mass is 269 g/mol. The van der Waals surface area contributed by atoms with Crippen molar-refractivity contribution in [2.24, 2.45) is 0 Å². The Morgan fingerprint density at radius 3 is 3.00 bits per heavy atom. The summed E-state index contributed by atoms with van der Waals surface area (Å²) < 4.78 is 2.31. The lowest BCUT2D eigenvalue weighted by molar-refractivity contribution is 0.509. The Morgan fingerprint density at radius 1 is 1.26 bits per heavy atom. The molecule has 0 fully saturated rings. The quantitative estimate of drug-likeness (QED) is 0.776. The Kier molecular flexibility index (Phi) is 2.23. The molecule has 0 radical (unpaired) electrons. The van der Waals surface area contributed by atoms with Crippen LogP contribution in [-0.4, -0.2) is 15.5 Å². The lowest BCUT2D eigenvalue weighted by Gasteiger charge is -2.16. The minimum atomic E-state index is 0.308. The van der Waals surface area contributed by atoms with Crippen LogP contribution in [0.15, 0.2) is 41.6 Å². The molecule has 3 nitrogen and oxygen atoms in total. The maximum absolute atomic E-state index is 3.58. The van der Waals surface area contributed by atoms with Gasteiger partial charge in [-0.1, -0.05) is 6.07 Å². The molecule has 0 spiro atoms. The van der Waals surface area contributed by atoms with Gasteiger partial charge in [-0.25, -0.2) is 0 Å². The van der Waals surface area contributed by atoms with Gasteiger partial charge < -0.3 is 10.3 Å². The molecule has 0 saturated carbocycles. The molecule has 4 heteroatoms. The molecule has 0 amide bonds. The fourth-order valence-electron chi connectivity index (χ4n) is 2.78. The van der Waals surface area contributed by atoms with Gasteiger partial charge in [0.25, 0.3) is 0 Å². The molecule has 0 bridgehead atoms. The van der Waals surface area contributed by atoms with Crippen LogP contribution in [-0.2, 0) is 0 Å². The number of rotatable bonds is 1. The molecule has 1 aromatic heterocycles. The fraction of sp³-hybridized carbons (Fsp3) is 0.200. The zero-order chi connectivity index (χ0) is 13.0. The molecule has 3 heterocycles. The molecule has 1 aromatic carbocycles. The summed E-state index contributed by atoms with van der Waals surface area (Å²) in [6.07, 6.45) is 4.57. The summed E-state index contributed by atoms with van der Waals surface area (Å²) in [5.74, 6) is 0. The van der Waals surface area contributed by atoms with Crippen LogP contribution < -0.4 is 5.32 Å². The number of nitrogens with one attached hydrogen (secondary N) is 2. The van der Waals surface area contributed by atoms with Gasteiger partial charge in [-0.3, -0.25) is 4.31 Å². The zero-order valence-electron chi connectivity index (χ0n) is 10.9. The van der Waals surface area contributed by atoms with E-state index >= 15 is 0 Å². The second-order valence-corrected chi connectivity index (χ2v) is 5.92. The summed E-state index contributed by atoms with van der Waals surface area (Å²) in [5.41, 5.74) is 6.29. The number of H-pyrrole nitrogens is 1. The number of fused-ring (bicyclic) bond motifs is 2. The van der Waals surface area contributed by atoms with Crippen LogP contribution >= 0.6 is 11.9 Å². The van der Waals surface area contributed by atoms with Crippen LogP contribution in [0.4, 0.5) is 0 Å². The van der Waals surface area contributed by atoms with Gasteiger partial charge in [0, 0.05) is 28.4 Å². The average Bonchev–Trinajstić information content (AvgIpc) is 3.08. The Hall–Kier alpha value is -1.81. The molecule has 0 saturated heterocycles. The van der Waals surface area contributed by atoms with E-state index in [4.69, 9.17) is 0 Å². The first kappa shape index (κ1) is 11.1. The minimum absolute atomic E-state index is 0.308. The van der Waals surface area contributed by atoms with Gasteiger partial charge in [-0.15, -0.1) is 0 Å². The van der Waals surface area contributed by atoms with Gasteiger partial charge >= 0.3 is 0 Å². The van der Waals surface area contributed by atoms with E-state index in [1.165, 1.54) is 33.4 Å². The van der Waals surface area contributed by atoms with Gasteiger partial charge in [0.2, 0.25) is 0 Å². The molecule has 96 valence electrons. The number of aromatic nitrogens is 1. The van der Waals surface area contributed by atoms with Crippen LogP contribution in [0.25, 0.3) is 16.6 Å². The highest BCUT2D eigenvalue weighted by atomic mass is 32.2. The van der Waals surface area contributed by atoms with Gasteiger partial charge in [-0.05, 0) is 55.0 Å². The number of aromatic amines is 1. The highest BCUT2D eigenvalue weighted by molar-refractivity contribution is 8.00. The number of hydrogen-bond donors (Lipinski definition) is 2. The van der Waals surface area contributed by atoms with Crippen molar-refractivity contribution < 1.29 is 0 Å². The first-order valence-corrected chi connectivity index (χ1v) is 7.26. The maximum Gasteiger partial charge on any atom is 0.130 e. The molecular formula is C15H15N3S. The second-order valence-electron chi connectivity index (χ2n) is 5.04. The smallest absolute Gasteiger partial charge is 0.130 e. The lowest BCUT2D eigenvalue weighted by atomic mass is 10.1. The molecule has 4 rings (SSSR count). The summed E-state index contributed by atoms with van der Waals surface area (Å²) in [7, 11) is 0. The van der Waals surface area contributed by atoms with Crippen molar-refractivity contribution in [1.29, 1.82) is 0 Å². The van der Waals surface area contributed by atoms with Crippen molar-refractivity contribution in [3.8, 4) is 0 Å². The summed E-state index contributed by atoms with van der Waals surface area (Å²) in [5, 5.41) is 7.02. The van der Waals surface area contributed by atoms with Crippen molar-refractivity contribution >= 4 is 28.5 Å². The molecule has 2 N–H and O–H groups in total. The van der Waals surface area contributed by atoms with Crippen LogP contribution in [0.1, 0.15) is 18.1 Å². The second kappa shape index (κ2) is 3.84. The van der Waals surface area contributed by atoms with Gasteiger partial charge in [0.05, 0.1) is 5.70 Å². The molecule has 2 aliphatic rings. The number of aryl methyl sites for hydroxylation is 1. The van der Waals surface area contributed by atoms with E-state index in [9.17, 15) is 0 Å². The first-order valence-electron chi connectivity index (χ1n) is 6.42. The van der Waals surface area contributed by atoms with E-state index < -0.39 is 0 Å². The highest BCUT2D eigenvalue weighted by Crippen LogP contribution is 2.37. The van der Waals surface area contributed by atoms with E-state index in [0.29, 0.717) is 6.17 Å². The summed E-state index contributed by atoms with van der Waals surface area (Å²) >= 11 is 1.75. The zero-order valence-corrected chi connectivity index (χ0v) is 11.7. The highest BCUT2D eigenvalue weighted by Gasteiger charge is 2.30. The molecule has 19 heavy (non-hydrogen) atoms. The van der Waals surface area contributed by atoms with E-state index in [0.717, 1.165) is 0 Å². The third kappa shape index (κ3) is 1.53. The average molecular weight is 269 g/mol. The minimum Gasteiger partial charge on any atom is -0.361 e. The van der Waals surface area contributed by atoms with E-state index in [1.54, 1.807) is 11.9 Å². The Bertz CT molecular complexity index is 726. The van der Waals surface area contributed by atoms with Crippen LogP contribution in [0.3, 0.4) is 0 Å². The molecule has 1 atom stereocenters. The van der Waals surface area contributed by atoms with Gasteiger partial charge in [0.15, 0.2) is 0 Å². The Labute approximate surface area is 116 Å². The van der Waals surface area contributed by atoms with Crippen LogP contribution in [0.2, 0.25) is 0 Å². The molecular weight excluding hydrogens is 254 g/mol. The van der Waals surface area contributed by atoms with Crippen molar-refractivity contribution in [1.82, 2.24) is 14.6 Å². The van der Waals surface area contributed by atoms with Gasteiger partial charge in [-0.2, -0.15) is 0 Å². The third-order valence-corrected chi connectivity index (χ3v) is 4.86. The number of allylic oxidation sites excluding steroid dienone is 1. The fourth-order valence-corrected chi connectivity index (χ4v) is 3.64. The molecule has 0 aliphatic carbocycles. The summed E-state index contributed by atoms with van der Waals surface area (Å²) in [6.45, 7) is 4.32. The molecule has 2 aliphatic heterocycles. The van der Waals surface area contributed by atoms with E-state index in [1.807, 2.05) is 0 Å². The molecule has 2 aromatic rings. The lowest BCUT2D eigenvalue weighted by Crippen LogP contribution is -2.27. The Balaban J connectivity index is 1.82. The van der Waals surface area contributed by atoms with Crippen molar-refractivity contribution in [2.75, 3.05) is 0 Å². The normalized spacial score (nSPS) is 21.4. The van der Waals surface area contributed by atoms with Gasteiger partial charge in [0.1, 0.15) is 6.17 Å². The van der Waals surface area contributed by atoms with Crippen molar-refractivity contribution in [3.05, 3.63) is 52.7 Å². The van der Waals surface area contributed by atoms with E-state index in [2.05, 4.69) is 64.3 Å². The largest absolute Gasteiger partial charge is 0.361 e. The SMILES string of the molecule is CC1=C(c2ccc3[nH]cc(C)c3c2)NC2C=CSN12. The molecule has 1 unspecified atom stereocenters. The van der Waals surface area contributed by atoms with Crippen molar-refractivity contribution in [3.63, 3.8) is 0 Å². The van der Waals surface area contributed by atoms with Crippen LogP contribution in [0, 0.1) is 6.92 Å².